The van der Waals surface area contributed by atoms with Gasteiger partial charge in [-0.3, -0.25) is 4.79 Å². The number of carbonyl (C=O) groups is 1. The maximum absolute atomic E-state index is 10.9. The Bertz CT molecular complexity index is 149. The SMILES string of the molecule is O=C1C[C@H]2CC(O)C[C@@H]2C1. The van der Waals surface area contributed by atoms with E-state index in [0.29, 0.717) is 17.6 Å². The summed E-state index contributed by atoms with van der Waals surface area (Å²) in [5.41, 5.74) is 0. The normalized spacial score (nSPS) is 40.7. The molecule has 2 rings (SSSR count). The molecule has 0 aromatic carbocycles. The molecule has 0 spiro atoms. The van der Waals surface area contributed by atoms with Crippen LogP contribution in [0.4, 0.5) is 0 Å². The number of carbonyl (C=O) groups excluding carboxylic acids is 1. The van der Waals surface area contributed by atoms with Crippen molar-refractivity contribution in [2.24, 2.45) is 11.8 Å². The smallest absolute Gasteiger partial charge is 0.133 e. The third-order valence-corrected chi connectivity index (χ3v) is 2.80. The van der Waals surface area contributed by atoms with Crippen molar-refractivity contribution in [2.75, 3.05) is 0 Å². The minimum Gasteiger partial charge on any atom is -0.393 e. The van der Waals surface area contributed by atoms with E-state index in [-0.39, 0.29) is 6.10 Å². The second-order valence-corrected chi connectivity index (χ2v) is 3.59. The summed E-state index contributed by atoms with van der Waals surface area (Å²) in [6.07, 6.45) is 3.11. The molecule has 0 bridgehead atoms. The first-order valence-electron chi connectivity index (χ1n) is 3.95. The Kier molecular flexibility index (Phi) is 1.31. The molecule has 2 atom stereocenters. The largest absolute Gasteiger partial charge is 0.393 e. The summed E-state index contributed by atoms with van der Waals surface area (Å²) in [5.74, 6) is 1.46. The zero-order valence-electron chi connectivity index (χ0n) is 5.92. The first kappa shape index (κ1) is 6.35. The van der Waals surface area contributed by atoms with E-state index in [0.717, 1.165) is 25.7 Å². The lowest BCUT2D eigenvalue weighted by atomic mass is 10.0. The Morgan fingerprint density at radius 2 is 1.70 bits per heavy atom. The maximum atomic E-state index is 10.9. The molecule has 2 aliphatic carbocycles. The van der Waals surface area contributed by atoms with Gasteiger partial charge < -0.3 is 5.11 Å². The van der Waals surface area contributed by atoms with E-state index in [1.54, 1.807) is 0 Å². The van der Waals surface area contributed by atoms with Gasteiger partial charge in [0.2, 0.25) is 0 Å². The van der Waals surface area contributed by atoms with Crippen LogP contribution in [0, 0.1) is 11.8 Å². The van der Waals surface area contributed by atoms with E-state index in [1.165, 1.54) is 0 Å². The van der Waals surface area contributed by atoms with Gasteiger partial charge in [0.15, 0.2) is 0 Å². The fraction of sp³-hybridized carbons (Fsp3) is 0.875. The second-order valence-electron chi connectivity index (χ2n) is 3.59. The van der Waals surface area contributed by atoms with Crippen LogP contribution in [-0.4, -0.2) is 17.0 Å². The molecule has 0 aromatic heterocycles. The summed E-state index contributed by atoms with van der Waals surface area (Å²) in [6, 6.07) is 0. The van der Waals surface area contributed by atoms with E-state index in [9.17, 15) is 9.90 Å². The molecule has 2 heteroatoms. The maximum Gasteiger partial charge on any atom is 0.133 e. The van der Waals surface area contributed by atoms with Crippen molar-refractivity contribution in [1.29, 1.82) is 0 Å². The number of hydrogen-bond donors (Lipinski definition) is 1. The summed E-state index contributed by atoms with van der Waals surface area (Å²) in [6.45, 7) is 0. The van der Waals surface area contributed by atoms with Crippen LogP contribution in [-0.2, 0) is 4.79 Å². The highest BCUT2D eigenvalue weighted by Crippen LogP contribution is 2.42. The summed E-state index contributed by atoms with van der Waals surface area (Å²) in [7, 11) is 0. The predicted octanol–water partition coefficient (Wildman–Crippen LogP) is 0.736. The molecule has 10 heavy (non-hydrogen) atoms. The molecule has 56 valence electrons. The van der Waals surface area contributed by atoms with Crippen molar-refractivity contribution >= 4 is 5.78 Å². The standard InChI is InChI=1S/C8H12O2/c9-7-1-5-2-8(10)4-6(5)3-7/h5-7,9H,1-4H2/t5-,6-/m1/s1. The van der Waals surface area contributed by atoms with Gasteiger partial charge >= 0.3 is 0 Å². The van der Waals surface area contributed by atoms with Crippen LogP contribution in [0.25, 0.3) is 0 Å². The average Bonchev–Trinajstić information content (AvgIpc) is 2.21. The summed E-state index contributed by atoms with van der Waals surface area (Å²) >= 11 is 0. The molecule has 2 fully saturated rings. The molecule has 0 radical (unpaired) electrons. The Morgan fingerprint density at radius 3 is 2.20 bits per heavy atom. The molecular weight excluding hydrogens is 128 g/mol. The van der Waals surface area contributed by atoms with Crippen molar-refractivity contribution in [1.82, 2.24) is 0 Å². The molecular formula is C8H12O2. The third kappa shape index (κ3) is 0.870. The van der Waals surface area contributed by atoms with Gasteiger partial charge in [0.05, 0.1) is 6.10 Å². The number of aliphatic hydroxyl groups excluding tert-OH is 1. The topological polar surface area (TPSA) is 37.3 Å². The van der Waals surface area contributed by atoms with E-state index < -0.39 is 0 Å². The molecule has 2 nitrogen and oxygen atoms in total. The number of Topliss-reactive ketones (excluding diaryl/α,β-unsaturated/α-hetero) is 1. The van der Waals surface area contributed by atoms with E-state index in [4.69, 9.17) is 0 Å². The summed E-state index contributed by atoms with van der Waals surface area (Å²) in [5, 5.41) is 9.21. The molecule has 0 amide bonds. The van der Waals surface area contributed by atoms with Crippen LogP contribution in [0.1, 0.15) is 25.7 Å². The highest BCUT2D eigenvalue weighted by molar-refractivity contribution is 5.81. The zero-order chi connectivity index (χ0) is 7.14. The first-order chi connectivity index (χ1) is 4.75. The van der Waals surface area contributed by atoms with Gasteiger partial charge in [-0.2, -0.15) is 0 Å². The molecule has 0 saturated heterocycles. The predicted molar refractivity (Wildman–Crippen MR) is 36.5 cm³/mol. The number of aliphatic hydroxyl groups is 1. The minimum atomic E-state index is -0.108. The first-order valence-corrected chi connectivity index (χ1v) is 3.95. The average molecular weight is 140 g/mol. The van der Waals surface area contributed by atoms with Gasteiger partial charge in [-0.15, -0.1) is 0 Å². The van der Waals surface area contributed by atoms with Crippen LogP contribution in [0.5, 0.6) is 0 Å². The third-order valence-electron chi connectivity index (χ3n) is 2.80. The Morgan fingerprint density at radius 1 is 1.20 bits per heavy atom. The van der Waals surface area contributed by atoms with Crippen LogP contribution < -0.4 is 0 Å². The van der Waals surface area contributed by atoms with Crippen molar-refractivity contribution in [3.63, 3.8) is 0 Å². The van der Waals surface area contributed by atoms with E-state index in [1.807, 2.05) is 0 Å². The second kappa shape index (κ2) is 2.06. The molecule has 0 unspecified atom stereocenters. The quantitative estimate of drug-likeness (QED) is 0.538. The van der Waals surface area contributed by atoms with Crippen molar-refractivity contribution in [2.45, 2.75) is 31.8 Å². The highest BCUT2D eigenvalue weighted by Gasteiger charge is 2.40. The Labute approximate surface area is 60.2 Å². The molecule has 0 aromatic rings. The number of fused-ring (bicyclic) bond motifs is 1. The van der Waals surface area contributed by atoms with E-state index >= 15 is 0 Å². The molecule has 0 heterocycles. The van der Waals surface area contributed by atoms with Gasteiger partial charge in [-0.25, -0.2) is 0 Å². The van der Waals surface area contributed by atoms with Gasteiger partial charge in [0.25, 0.3) is 0 Å². The summed E-state index contributed by atoms with van der Waals surface area (Å²) in [4.78, 5) is 10.9. The van der Waals surface area contributed by atoms with Crippen LogP contribution in [0.2, 0.25) is 0 Å². The number of ketones is 1. The van der Waals surface area contributed by atoms with Crippen LogP contribution in [0.3, 0.4) is 0 Å². The van der Waals surface area contributed by atoms with Gasteiger partial charge in [0, 0.05) is 12.8 Å². The highest BCUT2D eigenvalue weighted by atomic mass is 16.3. The van der Waals surface area contributed by atoms with Crippen molar-refractivity contribution in [3.8, 4) is 0 Å². The Hall–Kier alpha value is -0.370. The lowest BCUT2D eigenvalue weighted by Gasteiger charge is -2.02. The van der Waals surface area contributed by atoms with Gasteiger partial charge in [-0.05, 0) is 24.7 Å². The van der Waals surface area contributed by atoms with Crippen LogP contribution in [0.15, 0.2) is 0 Å². The number of rotatable bonds is 0. The molecule has 2 saturated carbocycles. The van der Waals surface area contributed by atoms with Gasteiger partial charge in [0.1, 0.15) is 5.78 Å². The number of hydrogen-bond acceptors (Lipinski definition) is 2. The van der Waals surface area contributed by atoms with Crippen LogP contribution >= 0.6 is 0 Å². The fourth-order valence-electron chi connectivity index (χ4n) is 2.35. The zero-order valence-corrected chi connectivity index (χ0v) is 5.92. The Balaban J connectivity index is 2.06. The minimum absolute atomic E-state index is 0.108. The molecule has 1 N–H and O–H groups in total. The lowest BCUT2D eigenvalue weighted by Crippen LogP contribution is -2.02. The monoisotopic (exact) mass is 140 g/mol. The summed E-state index contributed by atoms with van der Waals surface area (Å²) < 4.78 is 0. The molecule has 0 aliphatic heterocycles. The fourth-order valence-corrected chi connectivity index (χ4v) is 2.35. The van der Waals surface area contributed by atoms with Crippen molar-refractivity contribution in [3.05, 3.63) is 0 Å². The van der Waals surface area contributed by atoms with E-state index in [2.05, 4.69) is 0 Å². The van der Waals surface area contributed by atoms with Crippen molar-refractivity contribution < 1.29 is 9.90 Å². The lowest BCUT2D eigenvalue weighted by molar-refractivity contribution is -0.118. The molecule has 2 aliphatic rings. The van der Waals surface area contributed by atoms with Gasteiger partial charge in [-0.1, -0.05) is 0 Å².